The van der Waals surface area contributed by atoms with E-state index in [-0.39, 0.29) is 0 Å². The van der Waals surface area contributed by atoms with E-state index in [1.807, 2.05) is 48.5 Å². The molecule has 0 atom stereocenters. The van der Waals surface area contributed by atoms with Crippen LogP contribution in [0.1, 0.15) is 0 Å². The van der Waals surface area contributed by atoms with E-state index in [0.29, 0.717) is 17.5 Å². The normalized spacial score (nSPS) is 12.1. The molecule has 0 radical (unpaired) electrons. The molecule has 0 aliphatic carbocycles. The minimum absolute atomic E-state index is 0.634. The van der Waals surface area contributed by atoms with Crippen molar-refractivity contribution in [2.75, 3.05) is 0 Å². The Labute approximate surface area is 366 Å². The van der Waals surface area contributed by atoms with Gasteiger partial charge in [-0.3, -0.25) is 0 Å². The Morgan fingerprint density at radius 3 is 1.67 bits per heavy atom. The molecular formula is C59H34N4O. The Hall–Kier alpha value is -8.67. The highest BCUT2D eigenvalue weighted by atomic mass is 16.3. The van der Waals surface area contributed by atoms with E-state index in [2.05, 4.69) is 162 Å². The Bertz CT molecular complexity index is 4130. The van der Waals surface area contributed by atoms with Crippen LogP contribution in [0.15, 0.2) is 211 Å². The molecule has 0 amide bonds. The van der Waals surface area contributed by atoms with Crippen LogP contribution in [0.25, 0.3) is 138 Å². The van der Waals surface area contributed by atoms with Crippen molar-refractivity contribution in [1.82, 2.24) is 19.5 Å². The van der Waals surface area contributed by atoms with Gasteiger partial charge in [-0.2, -0.15) is 0 Å². The summed E-state index contributed by atoms with van der Waals surface area (Å²) < 4.78 is 8.94. The van der Waals surface area contributed by atoms with E-state index in [1.54, 1.807) is 0 Å². The van der Waals surface area contributed by atoms with Crippen LogP contribution in [-0.4, -0.2) is 19.5 Å². The number of para-hydroxylation sites is 1. The Balaban J connectivity index is 1.06. The Morgan fingerprint density at radius 1 is 0.312 bits per heavy atom. The maximum absolute atomic E-state index is 6.50. The van der Waals surface area contributed by atoms with Crippen LogP contribution in [0.3, 0.4) is 0 Å². The first-order chi connectivity index (χ1) is 31.7. The molecule has 3 aromatic heterocycles. The van der Waals surface area contributed by atoms with Crippen molar-refractivity contribution in [3.63, 3.8) is 0 Å². The standard InChI is InChI=1S/C59H34N4O/c1-3-15-36(16-4-1)57-60-58(37-17-5-2-6-18-37)62-59(61-57)48-31-30-40(42-20-9-10-21-43(42)48)38-32-49-54-41-19-8-7-14-35(41)26-28-47(54)46-23-13-24-50-55(46)56(49)51(33-38)63(50)39-27-29-45-44-22-11-12-25-52(44)64-53(45)34-39/h1-34H. The zero-order valence-corrected chi connectivity index (χ0v) is 34.3. The molecule has 0 spiro atoms. The summed E-state index contributed by atoms with van der Waals surface area (Å²) in [5, 5.41) is 14.4. The second-order valence-corrected chi connectivity index (χ2v) is 16.7. The number of furan rings is 1. The molecule has 0 aliphatic heterocycles. The molecule has 0 saturated heterocycles. The minimum Gasteiger partial charge on any atom is -0.456 e. The van der Waals surface area contributed by atoms with Gasteiger partial charge >= 0.3 is 0 Å². The molecule has 3 heterocycles. The van der Waals surface area contributed by atoms with Crippen LogP contribution >= 0.6 is 0 Å². The highest BCUT2D eigenvalue weighted by molar-refractivity contribution is 6.38. The highest BCUT2D eigenvalue weighted by Crippen LogP contribution is 2.48. The summed E-state index contributed by atoms with van der Waals surface area (Å²) >= 11 is 0. The van der Waals surface area contributed by atoms with E-state index < -0.39 is 0 Å². The highest BCUT2D eigenvalue weighted by Gasteiger charge is 2.24. The monoisotopic (exact) mass is 814 g/mol. The molecular weight excluding hydrogens is 781 g/mol. The van der Waals surface area contributed by atoms with Gasteiger partial charge in [0.2, 0.25) is 0 Å². The van der Waals surface area contributed by atoms with Gasteiger partial charge in [0.1, 0.15) is 11.2 Å². The van der Waals surface area contributed by atoms with Gasteiger partial charge in [0.25, 0.3) is 0 Å². The lowest BCUT2D eigenvalue weighted by molar-refractivity contribution is 0.668. The minimum atomic E-state index is 0.634. The number of nitrogens with zero attached hydrogens (tertiary/aromatic N) is 4. The fourth-order valence-corrected chi connectivity index (χ4v) is 10.4. The van der Waals surface area contributed by atoms with Crippen molar-refractivity contribution in [2.45, 2.75) is 0 Å². The summed E-state index contributed by atoms with van der Waals surface area (Å²) in [6, 6.07) is 73.4. The first-order valence-corrected chi connectivity index (χ1v) is 21.7. The summed E-state index contributed by atoms with van der Waals surface area (Å²) in [6.45, 7) is 0. The van der Waals surface area contributed by atoms with Crippen LogP contribution < -0.4 is 0 Å². The molecule has 5 nitrogen and oxygen atoms in total. The third kappa shape index (κ3) is 5.09. The van der Waals surface area contributed by atoms with Gasteiger partial charge in [-0.1, -0.05) is 158 Å². The van der Waals surface area contributed by atoms with Crippen molar-refractivity contribution in [1.29, 1.82) is 0 Å². The molecule has 14 aromatic rings. The van der Waals surface area contributed by atoms with E-state index in [0.717, 1.165) is 71.7 Å². The lowest BCUT2D eigenvalue weighted by atomic mass is 9.88. The van der Waals surface area contributed by atoms with Gasteiger partial charge in [-0.05, 0) is 96.7 Å². The number of fused-ring (bicyclic) bond motifs is 9. The predicted octanol–water partition coefficient (Wildman–Crippen LogP) is 15.6. The van der Waals surface area contributed by atoms with Gasteiger partial charge in [-0.25, -0.2) is 15.0 Å². The summed E-state index contributed by atoms with van der Waals surface area (Å²) in [6.07, 6.45) is 0. The zero-order chi connectivity index (χ0) is 41.9. The number of aromatic nitrogens is 4. The lowest BCUT2D eigenvalue weighted by Gasteiger charge is -2.16. The molecule has 64 heavy (non-hydrogen) atoms. The van der Waals surface area contributed by atoms with E-state index in [4.69, 9.17) is 19.4 Å². The molecule has 5 heteroatoms. The smallest absolute Gasteiger partial charge is 0.164 e. The third-order valence-electron chi connectivity index (χ3n) is 13.2. The number of hydrogen-bond donors (Lipinski definition) is 0. The predicted molar refractivity (Wildman–Crippen MR) is 264 cm³/mol. The van der Waals surface area contributed by atoms with Crippen molar-refractivity contribution < 1.29 is 4.42 Å². The average Bonchev–Trinajstić information content (AvgIpc) is 3.91. The molecule has 0 bridgehead atoms. The quantitative estimate of drug-likeness (QED) is 0.162. The zero-order valence-electron chi connectivity index (χ0n) is 34.3. The number of hydrogen-bond acceptors (Lipinski definition) is 4. The summed E-state index contributed by atoms with van der Waals surface area (Å²) in [7, 11) is 0. The summed E-state index contributed by atoms with van der Waals surface area (Å²) in [5.74, 6) is 1.91. The molecule has 0 fully saturated rings. The topological polar surface area (TPSA) is 56.7 Å². The summed E-state index contributed by atoms with van der Waals surface area (Å²) in [4.78, 5) is 15.3. The second kappa shape index (κ2) is 13.4. The Morgan fingerprint density at radius 2 is 0.891 bits per heavy atom. The molecule has 0 aliphatic rings. The van der Waals surface area contributed by atoms with Crippen molar-refractivity contribution in [2.24, 2.45) is 0 Å². The van der Waals surface area contributed by atoms with Crippen LogP contribution in [0.2, 0.25) is 0 Å². The van der Waals surface area contributed by atoms with Gasteiger partial charge in [0, 0.05) is 50.0 Å². The largest absolute Gasteiger partial charge is 0.456 e. The first-order valence-electron chi connectivity index (χ1n) is 21.7. The molecule has 296 valence electrons. The molecule has 14 rings (SSSR count). The van der Waals surface area contributed by atoms with Gasteiger partial charge in [-0.15, -0.1) is 0 Å². The SMILES string of the molecule is c1ccc(-c2nc(-c3ccccc3)nc(-c3ccc(-c4cc5c6c7ccccc7ccc6c6cccc7c6c5c(c4)n7-c4ccc5c(c4)oc4ccccc45)c4ccccc34)n2)cc1. The van der Waals surface area contributed by atoms with Gasteiger partial charge in [0.05, 0.1) is 11.0 Å². The van der Waals surface area contributed by atoms with Crippen molar-refractivity contribution in [3.8, 4) is 51.0 Å². The van der Waals surface area contributed by atoms with Crippen LogP contribution in [0.4, 0.5) is 0 Å². The molecule has 11 aromatic carbocycles. The summed E-state index contributed by atoms with van der Waals surface area (Å²) in [5.41, 5.74) is 10.2. The van der Waals surface area contributed by atoms with Crippen LogP contribution in [0, 0.1) is 0 Å². The van der Waals surface area contributed by atoms with Crippen molar-refractivity contribution >= 4 is 86.8 Å². The van der Waals surface area contributed by atoms with Gasteiger partial charge in [0.15, 0.2) is 17.5 Å². The maximum atomic E-state index is 6.50. The fourth-order valence-electron chi connectivity index (χ4n) is 10.4. The van der Waals surface area contributed by atoms with Crippen LogP contribution in [0.5, 0.6) is 0 Å². The first kappa shape index (κ1) is 35.0. The number of benzene rings is 11. The second-order valence-electron chi connectivity index (χ2n) is 16.7. The maximum Gasteiger partial charge on any atom is 0.164 e. The number of rotatable bonds is 5. The molecule has 0 saturated carbocycles. The Kier molecular flexibility index (Phi) is 7.33. The van der Waals surface area contributed by atoms with Gasteiger partial charge < -0.3 is 8.98 Å². The van der Waals surface area contributed by atoms with E-state index in [1.165, 1.54) is 48.6 Å². The lowest BCUT2D eigenvalue weighted by Crippen LogP contribution is -2.00. The fraction of sp³-hybridized carbons (Fsp3) is 0. The molecule has 0 N–H and O–H groups in total. The van der Waals surface area contributed by atoms with E-state index in [9.17, 15) is 0 Å². The average molecular weight is 815 g/mol. The molecule has 0 unspecified atom stereocenters. The third-order valence-corrected chi connectivity index (χ3v) is 13.2. The van der Waals surface area contributed by atoms with E-state index >= 15 is 0 Å². The van der Waals surface area contributed by atoms with Crippen molar-refractivity contribution in [3.05, 3.63) is 206 Å². The van der Waals surface area contributed by atoms with Crippen LogP contribution in [-0.2, 0) is 0 Å².